The summed E-state index contributed by atoms with van der Waals surface area (Å²) in [6, 6.07) is 3.05. The fourth-order valence-electron chi connectivity index (χ4n) is 1.73. The molecule has 0 fully saturated rings. The van der Waals surface area contributed by atoms with Crippen molar-refractivity contribution >= 4 is 5.91 Å². The molecule has 3 nitrogen and oxygen atoms in total. The smallest absolute Gasteiger partial charge is 0.227 e. The van der Waals surface area contributed by atoms with Crippen LogP contribution in [0.5, 0.6) is 0 Å². The van der Waals surface area contributed by atoms with Crippen molar-refractivity contribution in [1.29, 1.82) is 0 Å². The van der Waals surface area contributed by atoms with E-state index in [1.54, 1.807) is 27.8 Å². The number of rotatable bonds is 4. The molecule has 0 spiro atoms. The largest absolute Gasteiger partial charge is 0.339 e. The molecule has 3 atom stereocenters. The summed E-state index contributed by atoms with van der Waals surface area (Å²) in [5.41, 5.74) is 6.25. The van der Waals surface area contributed by atoms with Crippen LogP contribution in [0.4, 0.5) is 8.78 Å². The van der Waals surface area contributed by atoms with Gasteiger partial charge in [-0.3, -0.25) is 4.79 Å². The molecule has 1 amide bonds. The number of amides is 1. The molecular weight excluding hydrogens is 250 g/mol. The second-order valence-corrected chi connectivity index (χ2v) is 4.95. The van der Waals surface area contributed by atoms with E-state index >= 15 is 0 Å². The van der Waals surface area contributed by atoms with Crippen LogP contribution in [0.3, 0.4) is 0 Å². The summed E-state index contributed by atoms with van der Waals surface area (Å²) < 4.78 is 26.1. The first-order valence-electron chi connectivity index (χ1n) is 6.23. The molecule has 19 heavy (non-hydrogen) atoms. The molecule has 0 aliphatic heterocycles. The molecule has 0 bridgehead atoms. The van der Waals surface area contributed by atoms with E-state index in [1.807, 2.05) is 0 Å². The number of carbonyl (C=O) groups excluding carboxylic acids is 1. The van der Waals surface area contributed by atoms with Gasteiger partial charge in [0.15, 0.2) is 11.6 Å². The van der Waals surface area contributed by atoms with Gasteiger partial charge in [0.05, 0.1) is 12.0 Å². The fourth-order valence-corrected chi connectivity index (χ4v) is 1.73. The molecule has 1 rings (SSSR count). The quantitative estimate of drug-likeness (QED) is 0.913. The number of nitrogens with zero attached hydrogens (tertiary/aromatic N) is 1. The molecular formula is C14H20F2N2O. The molecule has 0 aliphatic carbocycles. The third-order valence-electron chi connectivity index (χ3n) is 3.53. The van der Waals surface area contributed by atoms with Crippen LogP contribution in [-0.4, -0.2) is 23.9 Å². The van der Waals surface area contributed by atoms with Gasteiger partial charge in [-0.05, 0) is 31.5 Å². The maximum absolute atomic E-state index is 13.2. The van der Waals surface area contributed by atoms with Crippen LogP contribution in [0.2, 0.25) is 0 Å². The molecule has 0 radical (unpaired) electrons. The molecule has 0 saturated heterocycles. The summed E-state index contributed by atoms with van der Waals surface area (Å²) in [6.45, 7) is 5.28. The maximum atomic E-state index is 13.2. The number of halogens is 2. The maximum Gasteiger partial charge on any atom is 0.227 e. The van der Waals surface area contributed by atoms with Crippen LogP contribution in [0.1, 0.15) is 32.4 Å². The molecule has 0 aromatic heterocycles. The number of carbonyl (C=O) groups is 1. The Balaban J connectivity index is 2.90. The fraction of sp³-hybridized carbons (Fsp3) is 0.500. The predicted molar refractivity (Wildman–Crippen MR) is 70.4 cm³/mol. The summed E-state index contributed by atoms with van der Waals surface area (Å²) in [7, 11) is 1.63. The monoisotopic (exact) mass is 270 g/mol. The Bertz CT molecular complexity index is 463. The highest BCUT2D eigenvalue weighted by atomic mass is 19.2. The van der Waals surface area contributed by atoms with E-state index in [0.29, 0.717) is 5.56 Å². The molecule has 106 valence electrons. The van der Waals surface area contributed by atoms with Gasteiger partial charge >= 0.3 is 0 Å². The Morgan fingerprint density at radius 1 is 1.21 bits per heavy atom. The van der Waals surface area contributed by atoms with E-state index in [4.69, 9.17) is 5.73 Å². The second-order valence-electron chi connectivity index (χ2n) is 4.95. The van der Waals surface area contributed by atoms with Crippen molar-refractivity contribution < 1.29 is 13.6 Å². The first-order valence-corrected chi connectivity index (χ1v) is 6.23. The summed E-state index contributed by atoms with van der Waals surface area (Å²) in [5.74, 6) is -2.25. The standard InChI is InChI=1S/C14H20F2N2O/c1-8(9(2)17)14(19)18(4)10(3)11-5-6-12(15)13(16)7-11/h5-10H,17H2,1-4H3. The molecule has 0 saturated carbocycles. The van der Waals surface area contributed by atoms with Crippen LogP contribution < -0.4 is 5.73 Å². The Morgan fingerprint density at radius 2 is 1.79 bits per heavy atom. The van der Waals surface area contributed by atoms with Gasteiger partial charge in [-0.25, -0.2) is 8.78 Å². The van der Waals surface area contributed by atoms with Crippen LogP contribution in [0, 0.1) is 17.6 Å². The summed E-state index contributed by atoms with van der Waals surface area (Å²) in [6.07, 6.45) is 0. The van der Waals surface area contributed by atoms with E-state index in [0.717, 1.165) is 12.1 Å². The minimum absolute atomic E-state index is 0.118. The van der Waals surface area contributed by atoms with Gasteiger partial charge < -0.3 is 10.6 Å². The minimum Gasteiger partial charge on any atom is -0.339 e. The number of hydrogen-bond acceptors (Lipinski definition) is 2. The van der Waals surface area contributed by atoms with E-state index in [2.05, 4.69) is 0 Å². The lowest BCUT2D eigenvalue weighted by molar-refractivity contribution is -0.136. The highest BCUT2D eigenvalue weighted by Gasteiger charge is 2.25. The third kappa shape index (κ3) is 3.50. The number of hydrogen-bond donors (Lipinski definition) is 1. The summed E-state index contributed by atoms with van der Waals surface area (Å²) in [4.78, 5) is 13.6. The van der Waals surface area contributed by atoms with Gasteiger partial charge in [0.1, 0.15) is 0 Å². The van der Waals surface area contributed by atoms with Gasteiger partial charge in [-0.15, -0.1) is 0 Å². The van der Waals surface area contributed by atoms with Crippen molar-refractivity contribution in [2.45, 2.75) is 32.9 Å². The topological polar surface area (TPSA) is 46.3 Å². The minimum atomic E-state index is -0.912. The zero-order valence-electron chi connectivity index (χ0n) is 11.7. The van der Waals surface area contributed by atoms with E-state index in [9.17, 15) is 13.6 Å². The predicted octanol–water partition coefficient (Wildman–Crippen LogP) is 2.47. The Labute approximate surface area is 112 Å². The number of nitrogens with two attached hydrogens (primary N) is 1. The first kappa shape index (κ1) is 15.6. The highest BCUT2D eigenvalue weighted by Crippen LogP contribution is 2.22. The van der Waals surface area contributed by atoms with E-state index in [1.165, 1.54) is 11.0 Å². The molecule has 1 aromatic rings. The lowest BCUT2D eigenvalue weighted by Gasteiger charge is -2.29. The average molecular weight is 270 g/mol. The number of benzene rings is 1. The van der Waals surface area contributed by atoms with Crippen LogP contribution in [-0.2, 0) is 4.79 Å². The van der Waals surface area contributed by atoms with Crippen LogP contribution in [0.25, 0.3) is 0 Å². The molecule has 5 heteroatoms. The normalized spacial score (nSPS) is 15.7. The van der Waals surface area contributed by atoms with E-state index in [-0.39, 0.29) is 23.9 Å². The zero-order chi connectivity index (χ0) is 14.7. The average Bonchev–Trinajstić information content (AvgIpc) is 2.38. The van der Waals surface area contributed by atoms with Crippen molar-refractivity contribution in [3.63, 3.8) is 0 Å². The van der Waals surface area contributed by atoms with Crippen molar-refractivity contribution in [1.82, 2.24) is 4.90 Å². The first-order chi connectivity index (χ1) is 8.75. The summed E-state index contributed by atoms with van der Waals surface area (Å²) in [5, 5.41) is 0. The van der Waals surface area contributed by atoms with Gasteiger partial charge in [0.25, 0.3) is 0 Å². The van der Waals surface area contributed by atoms with Gasteiger partial charge in [0.2, 0.25) is 5.91 Å². The molecule has 2 N–H and O–H groups in total. The third-order valence-corrected chi connectivity index (χ3v) is 3.53. The molecule has 0 heterocycles. The highest BCUT2D eigenvalue weighted by molar-refractivity contribution is 5.79. The Hall–Kier alpha value is -1.49. The van der Waals surface area contributed by atoms with Crippen molar-refractivity contribution in [3.05, 3.63) is 35.4 Å². The van der Waals surface area contributed by atoms with Gasteiger partial charge in [-0.2, -0.15) is 0 Å². The Morgan fingerprint density at radius 3 is 2.26 bits per heavy atom. The summed E-state index contributed by atoms with van der Waals surface area (Å²) >= 11 is 0. The van der Waals surface area contributed by atoms with E-state index < -0.39 is 11.6 Å². The van der Waals surface area contributed by atoms with Crippen molar-refractivity contribution in [2.24, 2.45) is 11.7 Å². The molecule has 0 aliphatic rings. The lowest BCUT2D eigenvalue weighted by Crippen LogP contribution is -2.40. The van der Waals surface area contributed by atoms with Crippen LogP contribution in [0.15, 0.2) is 18.2 Å². The van der Waals surface area contributed by atoms with Gasteiger partial charge in [0, 0.05) is 13.1 Å². The lowest BCUT2D eigenvalue weighted by atomic mass is 10.0. The van der Waals surface area contributed by atoms with Crippen molar-refractivity contribution in [2.75, 3.05) is 7.05 Å². The van der Waals surface area contributed by atoms with Crippen LogP contribution >= 0.6 is 0 Å². The SMILES string of the molecule is CC(N)C(C)C(=O)N(C)C(C)c1ccc(F)c(F)c1. The van der Waals surface area contributed by atoms with Gasteiger partial charge in [-0.1, -0.05) is 13.0 Å². The zero-order valence-corrected chi connectivity index (χ0v) is 11.7. The second kappa shape index (κ2) is 6.10. The molecule has 1 aromatic carbocycles. The molecule has 3 unspecified atom stereocenters. The Kier molecular flexibility index (Phi) is 5.00. The van der Waals surface area contributed by atoms with Crippen molar-refractivity contribution in [3.8, 4) is 0 Å².